The monoisotopic (exact) mass is 342 g/mol. The van der Waals surface area contributed by atoms with Crippen LogP contribution < -0.4 is 4.74 Å². The first kappa shape index (κ1) is 17.4. The summed E-state index contributed by atoms with van der Waals surface area (Å²) >= 11 is 0. The maximum atomic E-state index is 12.9. The second kappa shape index (κ2) is 7.64. The normalized spacial score (nSPS) is 17.4. The molecular formula is C20H23FN2O2. The molecule has 132 valence electrons. The third-order valence-corrected chi connectivity index (χ3v) is 4.60. The van der Waals surface area contributed by atoms with Crippen molar-refractivity contribution in [2.75, 3.05) is 19.7 Å². The summed E-state index contributed by atoms with van der Waals surface area (Å²) in [7, 11) is 0. The molecule has 3 rings (SSSR count). The van der Waals surface area contributed by atoms with Crippen LogP contribution in [0.2, 0.25) is 0 Å². The Morgan fingerprint density at radius 2 is 2.16 bits per heavy atom. The average Bonchev–Trinajstić information content (AvgIpc) is 2.63. The van der Waals surface area contributed by atoms with Gasteiger partial charge in [-0.3, -0.25) is 4.79 Å². The van der Waals surface area contributed by atoms with Crippen LogP contribution in [-0.2, 0) is 0 Å². The number of hydrogen-bond donors (Lipinski definition) is 0. The summed E-state index contributed by atoms with van der Waals surface area (Å²) < 4.78 is 18.5. The zero-order valence-corrected chi connectivity index (χ0v) is 14.7. The number of halogens is 1. The summed E-state index contributed by atoms with van der Waals surface area (Å²) in [5.74, 6) is 0.384. The van der Waals surface area contributed by atoms with Gasteiger partial charge in [-0.25, -0.2) is 9.37 Å². The molecule has 1 aromatic heterocycles. The number of aromatic nitrogens is 1. The molecule has 1 aliphatic rings. The van der Waals surface area contributed by atoms with Gasteiger partial charge in [0.25, 0.3) is 5.91 Å². The van der Waals surface area contributed by atoms with Crippen LogP contribution in [0.4, 0.5) is 4.39 Å². The lowest BCUT2D eigenvalue weighted by atomic mass is 9.97. The largest absolute Gasteiger partial charge is 0.477 e. The van der Waals surface area contributed by atoms with E-state index >= 15 is 0 Å². The fraction of sp³-hybridized carbons (Fsp3) is 0.400. The number of rotatable bonds is 4. The van der Waals surface area contributed by atoms with Crippen molar-refractivity contribution >= 4 is 5.91 Å². The molecule has 1 saturated heterocycles. The highest BCUT2D eigenvalue weighted by Crippen LogP contribution is 2.21. The van der Waals surface area contributed by atoms with Crippen LogP contribution in [0, 0.1) is 25.6 Å². The van der Waals surface area contributed by atoms with E-state index in [0.29, 0.717) is 19.0 Å². The number of ether oxygens (including phenoxy) is 1. The van der Waals surface area contributed by atoms with Crippen LogP contribution in [0.15, 0.2) is 36.5 Å². The Labute approximate surface area is 147 Å². The smallest absolute Gasteiger partial charge is 0.254 e. The molecule has 4 nitrogen and oxygen atoms in total. The number of hydrogen-bond acceptors (Lipinski definition) is 3. The quantitative estimate of drug-likeness (QED) is 0.849. The zero-order chi connectivity index (χ0) is 17.8. The van der Waals surface area contributed by atoms with Crippen molar-refractivity contribution in [3.63, 3.8) is 0 Å². The number of amides is 1. The first-order valence-corrected chi connectivity index (χ1v) is 8.64. The first-order valence-electron chi connectivity index (χ1n) is 8.64. The van der Waals surface area contributed by atoms with Gasteiger partial charge in [0.2, 0.25) is 5.88 Å². The van der Waals surface area contributed by atoms with Crippen LogP contribution in [0.3, 0.4) is 0 Å². The minimum Gasteiger partial charge on any atom is -0.477 e. The van der Waals surface area contributed by atoms with Crippen molar-refractivity contribution in [1.82, 2.24) is 9.88 Å². The number of aryl methyl sites for hydroxylation is 2. The van der Waals surface area contributed by atoms with E-state index in [0.717, 1.165) is 42.3 Å². The Hall–Kier alpha value is -2.43. The number of likely N-dealkylation sites (tertiary alicyclic amines) is 1. The number of carbonyl (C=O) groups excluding carboxylic acids is 1. The fourth-order valence-corrected chi connectivity index (χ4v) is 3.17. The molecule has 0 aliphatic carbocycles. The highest BCUT2D eigenvalue weighted by Gasteiger charge is 2.25. The lowest BCUT2D eigenvalue weighted by molar-refractivity contribution is 0.0630. The molecule has 25 heavy (non-hydrogen) atoms. The van der Waals surface area contributed by atoms with E-state index in [9.17, 15) is 9.18 Å². The predicted molar refractivity (Wildman–Crippen MR) is 94.2 cm³/mol. The number of piperidine rings is 1. The van der Waals surface area contributed by atoms with Crippen LogP contribution in [0.5, 0.6) is 5.88 Å². The summed E-state index contributed by atoms with van der Waals surface area (Å²) in [5.41, 5.74) is 2.87. The molecule has 2 heterocycles. The number of pyridine rings is 1. The molecule has 5 heteroatoms. The Bertz CT molecular complexity index is 746. The Kier molecular flexibility index (Phi) is 5.31. The minimum absolute atomic E-state index is 0.0887. The van der Waals surface area contributed by atoms with Gasteiger partial charge < -0.3 is 9.64 Å². The van der Waals surface area contributed by atoms with Gasteiger partial charge >= 0.3 is 0 Å². The van der Waals surface area contributed by atoms with Crippen molar-refractivity contribution in [3.8, 4) is 5.88 Å². The lowest BCUT2D eigenvalue weighted by Crippen LogP contribution is -2.41. The van der Waals surface area contributed by atoms with Gasteiger partial charge in [-0.1, -0.05) is 17.7 Å². The van der Waals surface area contributed by atoms with Crippen molar-refractivity contribution in [2.45, 2.75) is 26.7 Å². The van der Waals surface area contributed by atoms with E-state index in [-0.39, 0.29) is 17.6 Å². The Morgan fingerprint density at radius 1 is 1.32 bits per heavy atom. The highest BCUT2D eigenvalue weighted by molar-refractivity contribution is 5.95. The standard InChI is InChI=1S/C20H23FN2O2/c1-14-5-6-15(2)18(10-14)20(24)23-9-3-4-16(12-23)13-25-19-8-7-17(21)11-22-19/h5-8,10-11,16H,3-4,9,12-13H2,1-2H3. The molecule has 2 aromatic rings. The number of carbonyl (C=O) groups is 1. The molecule has 0 radical (unpaired) electrons. The third-order valence-electron chi connectivity index (χ3n) is 4.60. The van der Waals surface area contributed by atoms with Crippen molar-refractivity contribution in [3.05, 3.63) is 59.0 Å². The minimum atomic E-state index is -0.379. The van der Waals surface area contributed by atoms with Crippen molar-refractivity contribution < 1.29 is 13.9 Å². The molecule has 1 amide bonds. The first-order chi connectivity index (χ1) is 12.0. The Morgan fingerprint density at radius 3 is 2.92 bits per heavy atom. The topological polar surface area (TPSA) is 42.4 Å². The van der Waals surface area contributed by atoms with Gasteiger partial charge in [0, 0.05) is 30.6 Å². The molecule has 0 bridgehead atoms. The van der Waals surface area contributed by atoms with Gasteiger partial charge in [0.15, 0.2) is 0 Å². The summed E-state index contributed by atoms with van der Waals surface area (Å²) in [6.07, 6.45) is 3.12. The molecule has 0 spiro atoms. The molecule has 1 unspecified atom stereocenters. The molecule has 1 fully saturated rings. The van der Waals surface area contributed by atoms with Crippen LogP contribution in [-0.4, -0.2) is 35.5 Å². The van der Waals surface area contributed by atoms with E-state index < -0.39 is 0 Å². The van der Waals surface area contributed by atoms with Gasteiger partial charge in [0.05, 0.1) is 12.8 Å². The summed E-state index contributed by atoms with van der Waals surface area (Å²) in [6.45, 7) is 5.90. The lowest BCUT2D eigenvalue weighted by Gasteiger charge is -2.33. The van der Waals surface area contributed by atoms with E-state index in [1.54, 1.807) is 0 Å². The zero-order valence-electron chi connectivity index (χ0n) is 14.7. The molecule has 0 N–H and O–H groups in total. The molecule has 0 saturated carbocycles. The predicted octanol–water partition coefficient (Wildman–Crippen LogP) is 3.77. The van der Waals surface area contributed by atoms with E-state index in [1.165, 1.54) is 12.1 Å². The maximum Gasteiger partial charge on any atom is 0.254 e. The van der Waals surface area contributed by atoms with E-state index in [4.69, 9.17) is 4.74 Å². The third kappa shape index (κ3) is 4.35. The molecule has 1 atom stereocenters. The van der Waals surface area contributed by atoms with Crippen LogP contribution >= 0.6 is 0 Å². The number of benzene rings is 1. The fourth-order valence-electron chi connectivity index (χ4n) is 3.17. The van der Waals surface area contributed by atoms with Gasteiger partial charge in [-0.05, 0) is 44.4 Å². The van der Waals surface area contributed by atoms with Crippen molar-refractivity contribution in [1.29, 1.82) is 0 Å². The number of nitrogens with zero attached hydrogens (tertiary/aromatic N) is 2. The van der Waals surface area contributed by atoms with E-state index in [1.807, 2.05) is 36.9 Å². The van der Waals surface area contributed by atoms with Gasteiger partial charge in [-0.15, -0.1) is 0 Å². The molecular weight excluding hydrogens is 319 g/mol. The average molecular weight is 342 g/mol. The van der Waals surface area contributed by atoms with Gasteiger partial charge in [0.1, 0.15) is 5.82 Å². The van der Waals surface area contributed by atoms with Gasteiger partial charge in [-0.2, -0.15) is 0 Å². The maximum absolute atomic E-state index is 12.9. The summed E-state index contributed by atoms with van der Waals surface area (Å²) in [6, 6.07) is 8.83. The molecule has 1 aliphatic heterocycles. The molecule has 1 aromatic carbocycles. The second-order valence-electron chi connectivity index (χ2n) is 6.70. The van der Waals surface area contributed by atoms with Crippen molar-refractivity contribution in [2.24, 2.45) is 5.92 Å². The van der Waals surface area contributed by atoms with Crippen LogP contribution in [0.25, 0.3) is 0 Å². The van der Waals surface area contributed by atoms with Crippen LogP contribution in [0.1, 0.15) is 34.3 Å². The summed E-state index contributed by atoms with van der Waals surface area (Å²) in [5, 5.41) is 0. The summed E-state index contributed by atoms with van der Waals surface area (Å²) in [4.78, 5) is 18.7. The van der Waals surface area contributed by atoms with E-state index in [2.05, 4.69) is 4.98 Å². The highest BCUT2D eigenvalue weighted by atomic mass is 19.1. The SMILES string of the molecule is Cc1ccc(C)c(C(=O)N2CCCC(COc3ccc(F)cn3)C2)c1. The Balaban J connectivity index is 1.61. The second-order valence-corrected chi connectivity index (χ2v) is 6.70.